The topological polar surface area (TPSA) is 33.5 Å². The van der Waals surface area contributed by atoms with E-state index in [0.29, 0.717) is 11.3 Å². The summed E-state index contributed by atoms with van der Waals surface area (Å²) in [5.41, 5.74) is 0.506. The molecule has 0 N–H and O–H groups in total. The Morgan fingerprint density at radius 2 is 1.76 bits per heavy atom. The summed E-state index contributed by atoms with van der Waals surface area (Å²) < 4.78 is 32.5. The van der Waals surface area contributed by atoms with Gasteiger partial charge in [0.25, 0.3) is 5.91 Å². The summed E-state index contributed by atoms with van der Waals surface area (Å²) in [4.78, 5) is 14.2. The van der Waals surface area contributed by atoms with Gasteiger partial charge in [-0.2, -0.15) is 0 Å². The van der Waals surface area contributed by atoms with Crippen LogP contribution in [-0.4, -0.2) is 10.8 Å². The number of carbonyl (C=O) groups is 1. The fraction of sp³-hybridized carbons (Fsp3) is 0.105. The number of benzene rings is 2. The van der Waals surface area contributed by atoms with Crippen LogP contribution in [0.5, 0.6) is 0 Å². The van der Waals surface area contributed by atoms with Gasteiger partial charge in [-0.05, 0) is 48.5 Å². The van der Waals surface area contributed by atoms with Crippen LogP contribution >= 0.6 is 11.6 Å². The molecule has 1 amide bonds. The van der Waals surface area contributed by atoms with E-state index in [1.54, 1.807) is 18.2 Å². The van der Waals surface area contributed by atoms with Crippen LogP contribution in [0.3, 0.4) is 0 Å². The smallest absolute Gasteiger partial charge is 0.254 e. The standard InChI is InChI=1S/C19H14ClF2NO2/c20-17-4-1-5-18(22)16(17)12-23(11-15-3-2-10-25-15)19(24)13-6-8-14(21)9-7-13/h1-10H,11-12H2. The fourth-order valence-corrected chi connectivity index (χ4v) is 2.66. The molecule has 3 rings (SSSR count). The lowest BCUT2D eigenvalue weighted by molar-refractivity contribution is 0.0716. The molecule has 0 radical (unpaired) electrons. The molecule has 0 saturated heterocycles. The minimum Gasteiger partial charge on any atom is -0.467 e. The number of carbonyl (C=O) groups excluding carboxylic acids is 1. The lowest BCUT2D eigenvalue weighted by atomic mass is 10.1. The van der Waals surface area contributed by atoms with Crippen molar-refractivity contribution in [3.8, 4) is 0 Å². The number of hydrogen-bond donors (Lipinski definition) is 0. The van der Waals surface area contributed by atoms with Crippen molar-refractivity contribution in [2.45, 2.75) is 13.1 Å². The first kappa shape index (κ1) is 17.2. The van der Waals surface area contributed by atoms with Crippen molar-refractivity contribution in [1.29, 1.82) is 0 Å². The summed E-state index contributed by atoms with van der Waals surface area (Å²) in [6, 6.07) is 12.9. The maximum atomic E-state index is 14.1. The summed E-state index contributed by atoms with van der Waals surface area (Å²) in [6.45, 7) is 0.0935. The number of rotatable bonds is 5. The van der Waals surface area contributed by atoms with Gasteiger partial charge in [0.1, 0.15) is 17.4 Å². The highest BCUT2D eigenvalue weighted by Gasteiger charge is 2.20. The SMILES string of the molecule is O=C(c1ccc(F)cc1)N(Cc1ccco1)Cc1c(F)cccc1Cl. The van der Waals surface area contributed by atoms with Gasteiger partial charge in [-0.25, -0.2) is 8.78 Å². The normalized spacial score (nSPS) is 10.7. The molecule has 0 atom stereocenters. The van der Waals surface area contributed by atoms with Crippen LogP contribution in [0, 0.1) is 11.6 Å². The summed E-state index contributed by atoms with van der Waals surface area (Å²) in [7, 11) is 0. The van der Waals surface area contributed by atoms with Crippen molar-refractivity contribution in [2.75, 3.05) is 0 Å². The van der Waals surface area contributed by atoms with E-state index >= 15 is 0 Å². The maximum Gasteiger partial charge on any atom is 0.254 e. The second kappa shape index (κ2) is 7.49. The van der Waals surface area contributed by atoms with Gasteiger partial charge in [0.2, 0.25) is 0 Å². The Morgan fingerprint density at radius 1 is 1.00 bits per heavy atom. The average Bonchev–Trinajstić information content (AvgIpc) is 3.10. The Hall–Kier alpha value is -2.66. The Bertz CT molecular complexity index is 843. The largest absolute Gasteiger partial charge is 0.467 e. The van der Waals surface area contributed by atoms with Crippen molar-refractivity contribution in [2.24, 2.45) is 0 Å². The zero-order valence-corrected chi connectivity index (χ0v) is 13.8. The molecule has 0 spiro atoms. The lowest BCUT2D eigenvalue weighted by Crippen LogP contribution is -2.30. The average molecular weight is 362 g/mol. The van der Waals surface area contributed by atoms with Crippen LogP contribution in [0.4, 0.5) is 8.78 Å². The van der Waals surface area contributed by atoms with Gasteiger partial charge < -0.3 is 9.32 Å². The van der Waals surface area contributed by atoms with Gasteiger partial charge in [-0.15, -0.1) is 0 Å². The molecule has 6 heteroatoms. The Morgan fingerprint density at radius 3 is 2.40 bits per heavy atom. The Labute approximate surface area is 148 Å². The summed E-state index contributed by atoms with van der Waals surface area (Å²) in [5.74, 6) is -0.770. The summed E-state index contributed by atoms with van der Waals surface area (Å²) >= 11 is 6.08. The molecule has 0 saturated carbocycles. The summed E-state index contributed by atoms with van der Waals surface area (Å²) in [6.07, 6.45) is 1.49. The molecule has 0 aliphatic heterocycles. The van der Waals surface area contributed by atoms with E-state index in [0.717, 1.165) is 0 Å². The minimum atomic E-state index is -0.496. The van der Waals surface area contributed by atoms with Gasteiger partial charge in [-0.1, -0.05) is 17.7 Å². The van der Waals surface area contributed by atoms with Crippen LogP contribution < -0.4 is 0 Å². The molecule has 1 heterocycles. The van der Waals surface area contributed by atoms with Gasteiger partial charge >= 0.3 is 0 Å². The molecule has 128 valence electrons. The highest BCUT2D eigenvalue weighted by molar-refractivity contribution is 6.31. The first-order chi connectivity index (χ1) is 12.0. The van der Waals surface area contributed by atoms with Crippen LogP contribution in [0.2, 0.25) is 5.02 Å². The molecule has 3 nitrogen and oxygen atoms in total. The molecule has 1 aromatic heterocycles. The first-order valence-electron chi connectivity index (χ1n) is 7.54. The number of furan rings is 1. The third-order valence-corrected chi connectivity index (χ3v) is 4.07. The third-order valence-electron chi connectivity index (χ3n) is 3.72. The molecule has 0 aliphatic carbocycles. The second-order valence-electron chi connectivity index (χ2n) is 5.45. The first-order valence-corrected chi connectivity index (χ1v) is 7.92. The van der Waals surface area contributed by atoms with E-state index in [-0.39, 0.29) is 29.6 Å². The predicted molar refractivity (Wildman–Crippen MR) is 90.1 cm³/mol. The third kappa shape index (κ3) is 4.06. The van der Waals surface area contributed by atoms with E-state index < -0.39 is 11.6 Å². The zero-order chi connectivity index (χ0) is 17.8. The number of halogens is 3. The Kier molecular flexibility index (Phi) is 5.14. The van der Waals surface area contributed by atoms with Crippen LogP contribution in [0.15, 0.2) is 65.3 Å². The number of hydrogen-bond acceptors (Lipinski definition) is 2. The van der Waals surface area contributed by atoms with Crippen molar-refractivity contribution < 1.29 is 18.0 Å². The van der Waals surface area contributed by atoms with Gasteiger partial charge in [-0.3, -0.25) is 4.79 Å². The highest BCUT2D eigenvalue weighted by Crippen LogP contribution is 2.23. The van der Waals surface area contributed by atoms with E-state index in [4.69, 9.17) is 16.0 Å². The second-order valence-corrected chi connectivity index (χ2v) is 5.85. The van der Waals surface area contributed by atoms with E-state index in [1.165, 1.54) is 47.6 Å². The summed E-state index contributed by atoms with van der Waals surface area (Å²) in [5, 5.41) is 0.233. The van der Waals surface area contributed by atoms with E-state index in [9.17, 15) is 13.6 Å². The Balaban J connectivity index is 1.92. The monoisotopic (exact) mass is 361 g/mol. The molecule has 0 fully saturated rings. The van der Waals surface area contributed by atoms with Crippen LogP contribution in [0.25, 0.3) is 0 Å². The molecule has 3 aromatic rings. The van der Waals surface area contributed by atoms with Gasteiger partial charge in [0, 0.05) is 16.1 Å². The minimum absolute atomic E-state index is 0.0393. The number of nitrogens with zero attached hydrogens (tertiary/aromatic N) is 1. The molecule has 25 heavy (non-hydrogen) atoms. The zero-order valence-electron chi connectivity index (χ0n) is 13.1. The van der Waals surface area contributed by atoms with Crippen molar-refractivity contribution >= 4 is 17.5 Å². The molecule has 0 aliphatic rings. The molecule has 0 unspecified atom stereocenters. The molecule has 2 aromatic carbocycles. The molecule has 0 bridgehead atoms. The molecular weight excluding hydrogens is 348 g/mol. The van der Waals surface area contributed by atoms with Crippen molar-refractivity contribution in [3.05, 3.63) is 94.4 Å². The molecular formula is C19H14ClF2NO2. The lowest BCUT2D eigenvalue weighted by Gasteiger charge is -2.23. The van der Waals surface area contributed by atoms with E-state index in [2.05, 4.69) is 0 Å². The van der Waals surface area contributed by atoms with Crippen LogP contribution in [0.1, 0.15) is 21.7 Å². The van der Waals surface area contributed by atoms with Gasteiger partial charge in [0.05, 0.1) is 19.4 Å². The van der Waals surface area contributed by atoms with Crippen molar-refractivity contribution in [3.63, 3.8) is 0 Å². The van der Waals surface area contributed by atoms with E-state index in [1.807, 2.05) is 0 Å². The predicted octanol–water partition coefficient (Wildman–Crippen LogP) is 5.05. The fourth-order valence-electron chi connectivity index (χ4n) is 2.44. The van der Waals surface area contributed by atoms with Crippen LogP contribution in [-0.2, 0) is 13.1 Å². The van der Waals surface area contributed by atoms with Crippen molar-refractivity contribution in [1.82, 2.24) is 4.90 Å². The quantitative estimate of drug-likeness (QED) is 0.637. The number of amides is 1. The maximum absolute atomic E-state index is 14.1. The highest BCUT2D eigenvalue weighted by atomic mass is 35.5. The van der Waals surface area contributed by atoms with Gasteiger partial charge in [0.15, 0.2) is 0 Å².